The van der Waals surface area contributed by atoms with E-state index in [0.717, 1.165) is 0 Å². The van der Waals surface area contributed by atoms with Crippen LogP contribution in [0, 0.1) is 0 Å². The molecule has 2 aromatic heterocycles. The number of hydrogen-bond acceptors (Lipinski definition) is 7. The fraction of sp³-hybridized carbons (Fsp3) is 0.200. The summed E-state index contributed by atoms with van der Waals surface area (Å²) in [6, 6.07) is 4.94. The topological polar surface area (TPSA) is 102 Å². The van der Waals surface area contributed by atoms with Gasteiger partial charge in [0.15, 0.2) is 6.61 Å². The van der Waals surface area contributed by atoms with Gasteiger partial charge in [-0.1, -0.05) is 6.07 Å². The SMILES string of the molecule is O=C(COC(=O)CCNC(=O)c1ccsc1)NC(=O)c1cccs1. The summed E-state index contributed by atoms with van der Waals surface area (Å²) in [4.78, 5) is 46.6. The molecule has 0 saturated heterocycles. The third kappa shape index (κ3) is 5.60. The van der Waals surface area contributed by atoms with Crippen LogP contribution in [0.5, 0.6) is 0 Å². The van der Waals surface area contributed by atoms with Gasteiger partial charge in [-0.25, -0.2) is 0 Å². The van der Waals surface area contributed by atoms with E-state index in [4.69, 9.17) is 4.74 Å². The molecule has 0 unspecified atom stereocenters. The van der Waals surface area contributed by atoms with E-state index in [-0.39, 0.29) is 18.9 Å². The standard InChI is InChI=1S/C15H14N2O5S2/c18-12(17-15(21)11-2-1-6-24-11)8-22-13(19)3-5-16-14(20)10-4-7-23-9-10/h1-2,4,6-7,9H,3,5,8H2,(H,16,20)(H,17,18,21). The molecular formula is C15H14N2O5S2. The molecule has 0 radical (unpaired) electrons. The van der Waals surface area contributed by atoms with Gasteiger partial charge in [0.25, 0.3) is 17.7 Å². The van der Waals surface area contributed by atoms with Crippen molar-refractivity contribution in [3.05, 3.63) is 44.8 Å². The van der Waals surface area contributed by atoms with Gasteiger partial charge in [0.05, 0.1) is 11.3 Å². The van der Waals surface area contributed by atoms with Gasteiger partial charge < -0.3 is 10.1 Å². The highest BCUT2D eigenvalue weighted by molar-refractivity contribution is 7.12. The van der Waals surface area contributed by atoms with Crippen LogP contribution in [0.2, 0.25) is 0 Å². The lowest BCUT2D eigenvalue weighted by Crippen LogP contribution is -2.34. The van der Waals surface area contributed by atoms with Gasteiger partial charge in [-0.15, -0.1) is 11.3 Å². The van der Waals surface area contributed by atoms with E-state index in [1.807, 2.05) is 0 Å². The van der Waals surface area contributed by atoms with Crippen LogP contribution >= 0.6 is 22.7 Å². The van der Waals surface area contributed by atoms with E-state index >= 15 is 0 Å². The quantitative estimate of drug-likeness (QED) is 0.722. The molecule has 0 aromatic carbocycles. The summed E-state index contributed by atoms with van der Waals surface area (Å²) in [6.07, 6.45) is -0.0674. The maximum atomic E-state index is 11.6. The lowest BCUT2D eigenvalue weighted by atomic mass is 10.3. The Morgan fingerprint density at radius 3 is 2.58 bits per heavy atom. The number of nitrogens with one attached hydrogen (secondary N) is 2. The Labute approximate surface area is 145 Å². The lowest BCUT2D eigenvalue weighted by Gasteiger charge is -2.06. The highest BCUT2D eigenvalue weighted by atomic mass is 32.1. The van der Waals surface area contributed by atoms with Crippen molar-refractivity contribution in [3.8, 4) is 0 Å². The number of esters is 1. The van der Waals surface area contributed by atoms with Crippen molar-refractivity contribution in [2.45, 2.75) is 6.42 Å². The minimum absolute atomic E-state index is 0.0674. The van der Waals surface area contributed by atoms with Gasteiger partial charge in [0, 0.05) is 17.5 Å². The Bertz CT molecular complexity index is 710. The molecule has 0 fully saturated rings. The maximum absolute atomic E-state index is 11.6. The van der Waals surface area contributed by atoms with Gasteiger partial charge in [-0.2, -0.15) is 11.3 Å². The predicted octanol–water partition coefficient (Wildman–Crippen LogP) is 1.43. The van der Waals surface area contributed by atoms with Crippen LogP contribution in [0.3, 0.4) is 0 Å². The molecule has 0 atom stereocenters. The minimum Gasteiger partial charge on any atom is -0.456 e. The number of carbonyl (C=O) groups is 4. The van der Waals surface area contributed by atoms with Gasteiger partial charge >= 0.3 is 5.97 Å². The Balaban J connectivity index is 1.61. The maximum Gasteiger partial charge on any atom is 0.308 e. The molecule has 2 aromatic rings. The first-order valence-corrected chi connectivity index (χ1v) is 8.72. The number of rotatable bonds is 7. The number of carbonyl (C=O) groups excluding carboxylic acids is 4. The molecule has 2 N–H and O–H groups in total. The molecule has 7 nitrogen and oxygen atoms in total. The van der Waals surface area contributed by atoms with Crippen molar-refractivity contribution in [3.63, 3.8) is 0 Å². The zero-order valence-corrected chi connectivity index (χ0v) is 14.1. The highest BCUT2D eigenvalue weighted by Crippen LogP contribution is 2.07. The summed E-state index contributed by atoms with van der Waals surface area (Å²) in [7, 11) is 0. The van der Waals surface area contributed by atoms with Crippen molar-refractivity contribution in [1.29, 1.82) is 0 Å². The van der Waals surface area contributed by atoms with Crippen molar-refractivity contribution in [2.75, 3.05) is 13.2 Å². The van der Waals surface area contributed by atoms with Crippen LogP contribution in [0.1, 0.15) is 26.5 Å². The first-order valence-electron chi connectivity index (χ1n) is 6.90. The van der Waals surface area contributed by atoms with Crippen LogP contribution in [-0.4, -0.2) is 36.8 Å². The number of amides is 3. The molecule has 2 rings (SSSR count). The fourth-order valence-corrected chi connectivity index (χ4v) is 2.88. The van der Waals surface area contributed by atoms with E-state index < -0.39 is 24.4 Å². The molecule has 3 amide bonds. The van der Waals surface area contributed by atoms with Gasteiger partial charge in [-0.05, 0) is 22.9 Å². The van der Waals surface area contributed by atoms with E-state index in [1.54, 1.807) is 34.3 Å². The van der Waals surface area contributed by atoms with Crippen molar-refractivity contribution >= 4 is 46.4 Å². The van der Waals surface area contributed by atoms with Crippen molar-refractivity contribution < 1.29 is 23.9 Å². The first-order chi connectivity index (χ1) is 11.6. The molecule has 0 aliphatic heterocycles. The summed E-state index contributed by atoms with van der Waals surface area (Å²) in [5.41, 5.74) is 0.528. The van der Waals surface area contributed by atoms with Crippen LogP contribution in [0.4, 0.5) is 0 Å². The van der Waals surface area contributed by atoms with E-state index in [0.29, 0.717) is 10.4 Å². The molecule has 0 bridgehead atoms. The molecule has 0 aliphatic rings. The second-order valence-electron chi connectivity index (χ2n) is 4.53. The summed E-state index contributed by atoms with van der Waals surface area (Å²) >= 11 is 2.60. The third-order valence-corrected chi connectivity index (χ3v) is 4.31. The summed E-state index contributed by atoms with van der Waals surface area (Å²) in [5.74, 6) is -2.15. The van der Waals surface area contributed by atoms with Crippen molar-refractivity contribution in [1.82, 2.24) is 10.6 Å². The Kier molecular flexibility index (Phi) is 6.64. The molecule has 24 heavy (non-hydrogen) atoms. The van der Waals surface area contributed by atoms with Crippen LogP contribution in [0.25, 0.3) is 0 Å². The average molecular weight is 366 g/mol. The molecule has 126 valence electrons. The minimum atomic E-state index is -0.705. The first kappa shape index (κ1) is 17.8. The van der Waals surface area contributed by atoms with Crippen LogP contribution in [-0.2, 0) is 14.3 Å². The summed E-state index contributed by atoms with van der Waals surface area (Å²) in [6.45, 7) is -0.447. The molecule has 0 spiro atoms. The van der Waals surface area contributed by atoms with Crippen LogP contribution in [0.15, 0.2) is 34.3 Å². The Hall–Kier alpha value is -2.52. The van der Waals surface area contributed by atoms with Gasteiger partial charge in [0.2, 0.25) is 0 Å². The summed E-state index contributed by atoms with van der Waals surface area (Å²) in [5, 5.41) is 9.87. The molecule has 2 heterocycles. The second kappa shape index (κ2) is 8.94. The molecular weight excluding hydrogens is 352 g/mol. The summed E-state index contributed by atoms with van der Waals surface area (Å²) < 4.78 is 4.75. The Morgan fingerprint density at radius 2 is 1.92 bits per heavy atom. The van der Waals surface area contributed by atoms with Gasteiger partial charge in [0.1, 0.15) is 0 Å². The molecule has 9 heteroatoms. The third-order valence-electron chi connectivity index (χ3n) is 2.76. The molecule has 0 saturated carbocycles. The normalized spacial score (nSPS) is 10.0. The Morgan fingerprint density at radius 1 is 1.08 bits per heavy atom. The number of hydrogen-bond donors (Lipinski definition) is 2. The smallest absolute Gasteiger partial charge is 0.308 e. The fourth-order valence-electron chi connectivity index (χ4n) is 1.62. The van der Waals surface area contributed by atoms with Crippen LogP contribution < -0.4 is 10.6 Å². The number of ether oxygens (including phenoxy) is 1. The highest BCUT2D eigenvalue weighted by Gasteiger charge is 2.13. The van der Waals surface area contributed by atoms with Crippen molar-refractivity contribution in [2.24, 2.45) is 0 Å². The average Bonchev–Trinajstić information content (AvgIpc) is 3.25. The largest absolute Gasteiger partial charge is 0.456 e. The van der Waals surface area contributed by atoms with E-state index in [9.17, 15) is 19.2 Å². The predicted molar refractivity (Wildman–Crippen MR) is 89.0 cm³/mol. The van der Waals surface area contributed by atoms with Gasteiger partial charge in [-0.3, -0.25) is 24.5 Å². The number of thiophene rings is 2. The van der Waals surface area contributed by atoms with E-state index in [2.05, 4.69) is 10.6 Å². The lowest BCUT2D eigenvalue weighted by molar-refractivity contribution is -0.148. The number of imide groups is 1. The monoisotopic (exact) mass is 366 g/mol. The molecule has 0 aliphatic carbocycles. The second-order valence-corrected chi connectivity index (χ2v) is 6.26. The van der Waals surface area contributed by atoms with E-state index in [1.165, 1.54) is 22.7 Å². The zero-order chi connectivity index (χ0) is 17.4. The zero-order valence-electron chi connectivity index (χ0n) is 12.4.